The molecule has 2 aromatic carbocycles. The number of carbonyl (C=O) groups excluding carboxylic acids is 1. The molecule has 3 aromatic rings. The highest BCUT2D eigenvalue weighted by molar-refractivity contribution is 7.99. The van der Waals surface area contributed by atoms with E-state index in [0.717, 1.165) is 21.0 Å². The fourth-order valence-electron chi connectivity index (χ4n) is 3.13. The molecule has 0 saturated carbocycles. The van der Waals surface area contributed by atoms with E-state index in [1.807, 2.05) is 30.3 Å². The Bertz CT molecular complexity index is 954. The maximum absolute atomic E-state index is 14.4. The molecule has 6 heteroatoms. The minimum absolute atomic E-state index is 0.0830. The molecule has 0 saturated heterocycles. The van der Waals surface area contributed by atoms with Gasteiger partial charge in [0.25, 0.3) is 5.91 Å². The van der Waals surface area contributed by atoms with Gasteiger partial charge in [-0.15, -0.1) is 23.1 Å². The molecule has 1 amide bonds. The van der Waals surface area contributed by atoms with Crippen LogP contribution in [-0.4, -0.2) is 25.3 Å². The molecule has 1 aliphatic rings. The van der Waals surface area contributed by atoms with Gasteiger partial charge in [-0.05, 0) is 24.3 Å². The lowest BCUT2D eigenvalue weighted by molar-refractivity contribution is 0.0987. The minimum Gasteiger partial charge on any atom is -0.380 e. The van der Waals surface area contributed by atoms with Crippen molar-refractivity contribution in [2.24, 2.45) is 0 Å². The van der Waals surface area contributed by atoms with Crippen LogP contribution in [0.2, 0.25) is 0 Å². The first-order valence-electron chi connectivity index (χ1n) is 7.93. The molecule has 0 unspecified atom stereocenters. The van der Waals surface area contributed by atoms with E-state index in [1.54, 1.807) is 29.8 Å². The second-order valence-corrected chi connectivity index (χ2v) is 7.92. The average Bonchev–Trinajstić information content (AvgIpc) is 3.01. The van der Waals surface area contributed by atoms with Crippen molar-refractivity contribution in [3.05, 3.63) is 58.7 Å². The third-order valence-electron chi connectivity index (χ3n) is 4.22. The molecule has 0 radical (unpaired) electrons. The summed E-state index contributed by atoms with van der Waals surface area (Å²) in [6.45, 7) is 0.857. The fourth-order valence-corrected chi connectivity index (χ4v) is 5.29. The van der Waals surface area contributed by atoms with Gasteiger partial charge in [-0.1, -0.05) is 18.2 Å². The molecular weight excluding hydrogens is 357 g/mol. The van der Waals surface area contributed by atoms with E-state index in [-0.39, 0.29) is 18.3 Å². The van der Waals surface area contributed by atoms with Gasteiger partial charge in [-0.3, -0.25) is 4.79 Å². The highest BCUT2D eigenvalue weighted by atomic mass is 32.2. The van der Waals surface area contributed by atoms with Gasteiger partial charge in [0.05, 0.1) is 17.2 Å². The number of carbonyl (C=O) groups is 1. The number of benzene rings is 2. The smallest absolute Gasteiger partial charge is 0.268 e. The normalized spacial score (nSPS) is 13.9. The summed E-state index contributed by atoms with van der Waals surface area (Å²) in [5, 5.41) is 0.498. The second-order valence-electron chi connectivity index (χ2n) is 5.73. The number of amides is 1. The summed E-state index contributed by atoms with van der Waals surface area (Å²) >= 11 is 3.09. The molecule has 0 bridgehead atoms. The van der Waals surface area contributed by atoms with Crippen LogP contribution in [0, 0.1) is 5.82 Å². The summed E-state index contributed by atoms with van der Waals surface area (Å²) < 4.78 is 20.4. The van der Waals surface area contributed by atoms with E-state index in [1.165, 1.54) is 17.4 Å². The number of thiophene rings is 1. The van der Waals surface area contributed by atoms with Crippen molar-refractivity contribution in [3.63, 3.8) is 0 Å². The Morgan fingerprint density at radius 1 is 1.24 bits per heavy atom. The van der Waals surface area contributed by atoms with Gasteiger partial charge in [0, 0.05) is 40.0 Å². The number of hydrogen-bond acceptors (Lipinski definition) is 4. The Balaban J connectivity index is 1.84. The second kappa shape index (κ2) is 6.78. The van der Waals surface area contributed by atoms with Gasteiger partial charge in [-0.2, -0.15) is 0 Å². The lowest BCUT2D eigenvalue weighted by Crippen LogP contribution is -2.35. The number of hydrogen-bond donors (Lipinski definition) is 0. The SMILES string of the molecule is COCc1c(C(=O)N2CCSc3ccccc32)sc2cccc(F)c12. The third kappa shape index (κ3) is 2.84. The van der Waals surface area contributed by atoms with Crippen LogP contribution in [0.1, 0.15) is 15.2 Å². The van der Waals surface area contributed by atoms with Gasteiger partial charge >= 0.3 is 0 Å². The van der Waals surface area contributed by atoms with E-state index < -0.39 is 0 Å². The molecule has 4 rings (SSSR count). The Hall–Kier alpha value is -1.89. The monoisotopic (exact) mass is 373 g/mol. The Morgan fingerprint density at radius 3 is 2.92 bits per heavy atom. The average molecular weight is 373 g/mol. The zero-order valence-corrected chi connectivity index (χ0v) is 15.3. The highest BCUT2D eigenvalue weighted by Crippen LogP contribution is 2.39. The van der Waals surface area contributed by atoms with Gasteiger partial charge in [0.1, 0.15) is 5.82 Å². The molecule has 0 N–H and O–H groups in total. The van der Waals surface area contributed by atoms with Gasteiger partial charge in [0.15, 0.2) is 0 Å². The number of nitrogens with zero attached hydrogens (tertiary/aromatic N) is 1. The van der Waals surface area contributed by atoms with Crippen molar-refractivity contribution in [2.75, 3.05) is 24.3 Å². The molecule has 0 fully saturated rings. The first kappa shape index (κ1) is 16.6. The van der Waals surface area contributed by atoms with Crippen LogP contribution in [0.15, 0.2) is 47.4 Å². The molecular formula is C19H16FNO2S2. The van der Waals surface area contributed by atoms with E-state index in [2.05, 4.69) is 0 Å². The number of para-hydroxylation sites is 1. The third-order valence-corrected chi connectivity index (χ3v) is 6.45. The Kier molecular flexibility index (Phi) is 4.50. The van der Waals surface area contributed by atoms with Crippen LogP contribution in [0.25, 0.3) is 10.1 Å². The number of fused-ring (bicyclic) bond motifs is 2. The fraction of sp³-hybridized carbons (Fsp3) is 0.211. The predicted molar refractivity (Wildman–Crippen MR) is 101 cm³/mol. The first-order chi connectivity index (χ1) is 12.2. The van der Waals surface area contributed by atoms with Gasteiger partial charge in [0.2, 0.25) is 0 Å². The maximum atomic E-state index is 14.4. The van der Waals surface area contributed by atoms with Crippen molar-refractivity contribution >= 4 is 44.8 Å². The molecule has 25 heavy (non-hydrogen) atoms. The molecule has 128 valence electrons. The van der Waals surface area contributed by atoms with E-state index in [0.29, 0.717) is 22.4 Å². The molecule has 1 aliphatic heterocycles. The summed E-state index contributed by atoms with van der Waals surface area (Å²) in [6, 6.07) is 12.8. The zero-order valence-electron chi connectivity index (χ0n) is 13.6. The number of methoxy groups -OCH3 is 1. The summed E-state index contributed by atoms with van der Waals surface area (Å²) in [7, 11) is 1.56. The number of anilines is 1. The maximum Gasteiger partial charge on any atom is 0.268 e. The summed E-state index contributed by atoms with van der Waals surface area (Å²) in [6.07, 6.45) is 0. The molecule has 0 atom stereocenters. The van der Waals surface area contributed by atoms with Crippen molar-refractivity contribution in [3.8, 4) is 0 Å². The summed E-state index contributed by atoms with van der Waals surface area (Å²) in [5.74, 6) is 0.455. The van der Waals surface area contributed by atoms with Crippen molar-refractivity contribution in [2.45, 2.75) is 11.5 Å². The van der Waals surface area contributed by atoms with Crippen molar-refractivity contribution in [1.82, 2.24) is 0 Å². The molecule has 0 aliphatic carbocycles. The lowest BCUT2D eigenvalue weighted by Gasteiger charge is -2.28. The number of ether oxygens (including phenoxy) is 1. The molecule has 0 spiro atoms. The number of thioether (sulfide) groups is 1. The Labute approximate surface area is 153 Å². The summed E-state index contributed by atoms with van der Waals surface area (Å²) in [5.41, 5.74) is 1.56. The number of halogens is 1. The largest absolute Gasteiger partial charge is 0.380 e. The Morgan fingerprint density at radius 2 is 2.08 bits per heavy atom. The summed E-state index contributed by atoms with van der Waals surface area (Å²) in [4.78, 5) is 16.7. The zero-order chi connectivity index (χ0) is 17.4. The molecule has 1 aromatic heterocycles. The van der Waals surface area contributed by atoms with Crippen molar-refractivity contribution in [1.29, 1.82) is 0 Å². The quantitative estimate of drug-likeness (QED) is 0.651. The predicted octanol–water partition coefficient (Wildman–Crippen LogP) is 4.94. The van der Waals surface area contributed by atoms with Crippen LogP contribution in [0.5, 0.6) is 0 Å². The van der Waals surface area contributed by atoms with Gasteiger partial charge in [-0.25, -0.2) is 4.39 Å². The van der Waals surface area contributed by atoms with Crippen LogP contribution in [0.3, 0.4) is 0 Å². The van der Waals surface area contributed by atoms with E-state index in [9.17, 15) is 9.18 Å². The number of rotatable bonds is 3. The van der Waals surface area contributed by atoms with Crippen LogP contribution < -0.4 is 4.90 Å². The van der Waals surface area contributed by atoms with E-state index in [4.69, 9.17) is 4.74 Å². The van der Waals surface area contributed by atoms with E-state index >= 15 is 0 Å². The highest BCUT2D eigenvalue weighted by Gasteiger charge is 2.28. The lowest BCUT2D eigenvalue weighted by atomic mass is 10.1. The minimum atomic E-state index is -0.311. The topological polar surface area (TPSA) is 29.5 Å². The van der Waals surface area contributed by atoms with Crippen LogP contribution in [0.4, 0.5) is 10.1 Å². The first-order valence-corrected chi connectivity index (χ1v) is 9.73. The van der Waals surface area contributed by atoms with Crippen LogP contribution in [-0.2, 0) is 11.3 Å². The molecule has 3 nitrogen and oxygen atoms in total. The van der Waals surface area contributed by atoms with Crippen molar-refractivity contribution < 1.29 is 13.9 Å². The standard InChI is InChI=1S/C19H16FNO2S2/c1-23-11-12-17-13(20)5-4-8-16(17)25-18(12)19(22)21-9-10-24-15-7-3-2-6-14(15)21/h2-8H,9-11H2,1H3. The molecule has 2 heterocycles. The van der Waals surface area contributed by atoms with Crippen LogP contribution >= 0.6 is 23.1 Å². The van der Waals surface area contributed by atoms with Gasteiger partial charge < -0.3 is 9.64 Å².